The molecule has 134 valence electrons. The quantitative estimate of drug-likeness (QED) is 0.708. The molecule has 3 aromatic rings. The second-order valence-electron chi connectivity index (χ2n) is 5.86. The number of fused-ring (bicyclic) bond motifs is 2. The largest absolute Gasteiger partial charge is 0.482 e. The van der Waals surface area contributed by atoms with E-state index in [1.165, 1.54) is 22.2 Å². The van der Waals surface area contributed by atoms with Crippen LogP contribution >= 0.6 is 0 Å². The van der Waals surface area contributed by atoms with E-state index in [0.29, 0.717) is 35.4 Å². The monoisotopic (exact) mass is 372 g/mol. The van der Waals surface area contributed by atoms with E-state index in [1.807, 2.05) is 0 Å². The molecule has 3 heterocycles. The third kappa shape index (κ3) is 2.61. The van der Waals surface area contributed by atoms with Gasteiger partial charge in [-0.05, 0) is 48.9 Å². The second kappa shape index (κ2) is 6.11. The normalized spacial score (nSPS) is 14.0. The number of ether oxygens (including phenoxy) is 1. The molecule has 1 amide bonds. The summed E-state index contributed by atoms with van der Waals surface area (Å²) in [5, 5.41) is 2.62. The van der Waals surface area contributed by atoms with Gasteiger partial charge in [0.05, 0.1) is 21.6 Å². The summed E-state index contributed by atoms with van der Waals surface area (Å²) < 4.78 is 32.8. The molecule has 0 saturated carbocycles. The predicted molar refractivity (Wildman–Crippen MR) is 95.6 cm³/mol. The van der Waals surface area contributed by atoms with E-state index in [4.69, 9.17) is 10.5 Å². The summed E-state index contributed by atoms with van der Waals surface area (Å²) in [4.78, 5) is 15.8. The van der Waals surface area contributed by atoms with Crippen molar-refractivity contribution in [3.63, 3.8) is 0 Å². The molecule has 1 aliphatic rings. The zero-order valence-electron chi connectivity index (χ0n) is 13.7. The molecule has 9 heteroatoms. The van der Waals surface area contributed by atoms with Crippen LogP contribution in [0.2, 0.25) is 0 Å². The molecule has 0 spiro atoms. The Hall–Kier alpha value is -2.91. The highest BCUT2D eigenvalue weighted by molar-refractivity contribution is 7.90. The van der Waals surface area contributed by atoms with Gasteiger partial charge in [0, 0.05) is 12.4 Å². The Kier molecular flexibility index (Phi) is 3.89. The molecule has 0 atom stereocenters. The molecule has 1 aliphatic heterocycles. The molecule has 0 bridgehead atoms. The third-order valence-electron chi connectivity index (χ3n) is 4.16. The fraction of sp³-hybridized carbons (Fsp3) is 0.176. The minimum absolute atomic E-state index is 0.0436. The molecular formula is C17H16N4O4S. The first-order chi connectivity index (χ1) is 12.5. The average Bonchev–Trinajstić information content (AvgIpc) is 3.01. The van der Waals surface area contributed by atoms with Crippen LogP contribution in [0.3, 0.4) is 0 Å². The molecule has 4 rings (SSSR count). The lowest BCUT2D eigenvalue weighted by atomic mass is 10.2. The highest BCUT2D eigenvalue weighted by atomic mass is 32.2. The molecule has 0 aliphatic carbocycles. The molecule has 8 nitrogen and oxygen atoms in total. The number of nitrogens with two attached hydrogens (primary N) is 1. The van der Waals surface area contributed by atoms with Crippen LogP contribution in [0.5, 0.6) is 5.75 Å². The predicted octanol–water partition coefficient (Wildman–Crippen LogP) is 1.11. The van der Waals surface area contributed by atoms with Crippen molar-refractivity contribution in [2.24, 2.45) is 5.73 Å². The van der Waals surface area contributed by atoms with E-state index in [0.717, 1.165) is 5.56 Å². The van der Waals surface area contributed by atoms with Gasteiger partial charge in [-0.3, -0.25) is 9.78 Å². The van der Waals surface area contributed by atoms with Crippen LogP contribution in [-0.4, -0.2) is 36.4 Å². The number of hydrogen-bond acceptors (Lipinski definition) is 6. The zero-order valence-corrected chi connectivity index (χ0v) is 14.5. The summed E-state index contributed by atoms with van der Waals surface area (Å²) >= 11 is 0. The van der Waals surface area contributed by atoms with E-state index in [-0.39, 0.29) is 17.4 Å². The summed E-state index contributed by atoms with van der Waals surface area (Å²) in [5.41, 5.74) is 7.82. The molecule has 0 fully saturated rings. The maximum Gasteiger partial charge on any atom is 0.268 e. The molecular weight excluding hydrogens is 356 g/mol. The van der Waals surface area contributed by atoms with Crippen LogP contribution in [0.25, 0.3) is 11.0 Å². The van der Waals surface area contributed by atoms with E-state index in [1.54, 1.807) is 24.5 Å². The highest BCUT2D eigenvalue weighted by Gasteiger charge is 2.24. The smallest absolute Gasteiger partial charge is 0.268 e. The summed E-state index contributed by atoms with van der Waals surface area (Å²) in [6.45, 7) is 0.299. The highest BCUT2D eigenvalue weighted by Crippen LogP contribution is 2.32. The minimum atomic E-state index is -3.89. The van der Waals surface area contributed by atoms with Crippen molar-refractivity contribution >= 4 is 32.7 Å². The van der Waals surface area contributed by atoms with Gasteiger partial charge in [-0.25, -0.2) is 12.4 Å². The third-order valence-corrected chi connectivity index (χ3v) is 5.83. The van der Waals surface area contributed by atoms with Crippen LogP contribution in [0.15, 0.2) is 47.6 Å². The van der Waals surface area contributed by atoms with Gasteiger partial charge in [0.2, 0.25) is 0 Å². The van der Waals surface area contributed by atoms with Crippen molar-refractivity contribution in [2.45, 2.75) is 11.3 Å². The number of carbonyl (C=O) groups excluding carboxylic acids is 1. The first-order valence-corrected chi connectivity index (χ1v) is 9.42. The number of hydrogen-bond donors (Lipinski definition) is 2. The Bertz CT molecular complexity index is 1120. The van der Waals surface area contributed by atoms with Crippen LogP contribution in [-0.2, 0) is 21.2 Å². The van der Waals surface area contributed by atoms with Crippen LogP contribution < -0.4 is 15.8 Å². The number of amides is 1. The maximum absolute atomic E-state index is 13.2. The molecule has 3 N–H and O–H groups in total. The Morgan fingerprint density at radius 2 is 2.15 bits per heavy atom. The number of pyridine rings is 1. The lowest BCUT2D eigenvalue weighted by molar-refractivity contribution is -0.118. The lowest BCUT2D eigenvalue weighted by Gasteiger charge is -2.18. The van der Waals surface area contributed by atoms with Crippen LogP contribution in [0.1, 0.15) is 5.56 Å². The molecule has 1 aromatic carbocycles. The summed E-state index contributed by atoms with van der Waals surface area (Å²) in [6, 6.07) is 7.76. The fourth-order valence-electron chi connectivity index (χ4n) is 2.97. The van der Waals surface area contributed by atoms with Crippen molar-refractivity contribution in [2.75, 3.05) is 18.5 Å². The van der Waals surface area contributed by atoms with Gasteiger partial charge in [-0.2, -0.15) is 0 Å². The van der Waals surface area contributed by atoms with E-state index in [2.05, 4.69) is 10.3 Å². The van der Waals surface area contributed by atoms with Gasteiger partial charge in [0.1, 0.15) is 5.75 Å². The molecule has 26 heavy (non-hydrogen) atoms. The number of aromatic nitrogens is 2. The van der Waals surface area contributed by atoms with E-state index in [9.17, 15) is 13.2 Å². The van der Waals surface area contributed by atoms with Gasteiger partial charge < -0.3 is 15.8 Å². The number of carbonyl (C=O) groups is 1. The topological polar surface area (TPSA) is 116 Å². The first kappa shape index (κ1) is 16.6. The summed E-state index contributed by atoms with van der Waals surface area (Å²) in [6.07, 6.45) is 3.68. The zero-order chi connectivity index (χ0) is 18.3. The number of rotatable bonds is 4. The average molecular weight is 372 g/mol. The Morgan fingerprint density at radius 3 is 2.96 bits per heavy atom. The van der Waals surface area contributed by atoms with E-state index < -0.39 is 10.0 Å². The van der Waals surface area contributed by atoms with Gasteiger partial charge in [0.25, 0.3) is 15.9 Å². The second-order valence-corrected chi connectivity index (χ2v) is 7.67. The lowest BCUT2D eigenvalue weighted by Crippen LogP contribution is -2.25. The molecule has 0 unspecified atom stereocenters. The van der Waals surface area contributed by atoms with Crippen LogP contribution in [0, 0.1) is 0 Å². The molecule has 2 aromatic heterocycles. The standard InChI is InChI=1S/C17H16N4O4S/c18-6-5-11-9-21(14-2-1-7-19-17(11)14)26(23,24)12-3-4-15-13(8-12)20-16(22)10-25-15/h1-4,7-9H,5-6,10,18H2,(H,20,22). The summed E-state index contributed by atoms with van der Waals surface area (Å²) in [5.74, 6) is 0.110. The Balaban J connectivity index is 1.86. The Labute approximate surface area is 149 Å². The first-order valence-electron chi connectivity index (χ1n) is 7.98. The van der Waals surface area contributed by atoms with Crippen molar-refractivity contribution in [1.29, 1.82) is 0 Å². The maximum atomic E-state index is 13.2. The molecule has 0 radical (unpaired) electrons. The van der Waals surface area contributed by atoms with Gasteiger partial charge >= 0.3 is 0 Å². The number of nitrogens with one attached hydrogen (secondary N) is 1. The molecule has 0 saturated heterocycles. The van der Waals surface area contributed by atoms with Crippen molar-refractivity contribution in [1.82, 2.24) is 8.96 Å². The van der Waals surface area contributed by atoms with Gasteiger partial charge in [-0.1, -0.05) is 0 Å². The fourth-order valence-corrected chi connectivity index (χ4v) is 4.37. The van der Waals surface area contributed by atoms with Crippen molar-refractivity contribution in [3.05, 3.63) is 48.3 Å². The van der Waals surface area contributed by atoms with Crippen molar-refractivity contribution in [3.8, 4) is 5.75 Å². The van der Waals surface area contributed by atoms with Crippen molar-refractivity contribution < 1.29 is 17.9 Å². The number of anilines is 1. The van der Waals surface area contributed by atoms with E-state index >= 15 is 0 Å². The summed E-state index contributed by atoms with van der Waals surface area (Å²) in [7, 11) is -3.89. The van der Waals surface area contributed by atoms with Gasteiger partial charge in [-0.15, -0.1) is 0 Å². The SMILES string of the molecule is NCCc1cn(S(=O)(=O)c2ccc3c(c2)NC(=O)CO3)c2cccnc12. The van der Waals surface area contributed by atoms with Gasteiger partial charge in [0.15, 0.2) is 6.61 Å². The number of benzene rings is 1. The minimum Gasteiger partial charge on any atom is -0.482 e. The van der Waals surface area contributed by atoms with Crippen LogP contribution in [0.4, 0.5) is 5.69 Å². The number of nitrogens with zero attached hydrogens (tertiary/aromatic N) is 2. The Morgan fingerprint density at radius 1 is 1.31 bits per heavy atom.